The molecule has 0 radical (unpaired) electrons. The van der Waals surface area contributed by atoms with Gasteiger partial charge < -0.3 is 29.1 Å². The van der Waals surface area contributed by atoms with E-state index in [-0.39, 0.29) is 36.3 Å². The van der Waals surface area contributed by atoms with Crippen LogP contribution in [0, 0.1) is 5.82 Å². The Balaban J connectivity index is 1.53. The first-order chi connectivity index (χ1) is 23.4. The topological polar surface area (TPSA) is 102 Å². The van der Waals surface area contributed by atoms with Crippen molar-refractivity contribution in [3.8, 4) is 11.1 Å². The fourth-order valence-corrected chi connectivity index (χ4v) is 8.27. The number of aliphatic hydroxyl groups is 1. The van der Waals surface area contributed by atoms with E-state index >= 15 is 0 Å². The molecule has 2 bridgehead atoms. The molecule has 3 atom stereocenters. The van der Waals surface area contributed by atoms with Gasteiger partial charge in [0.15, 0.2) is 5.65 Å². The summed E-state index contributed by atoms with van der Waals surface area (Å²) in [6.07, 6.45) is 4.92. The molecule has 50 heavy (non-hydrogen) atoms. The third-order valence-corrected chi connectivity index (χ3v) is 13.0. The van der Waals surface area contributed by atoms with Crippen LogP contribution >= 0.6 is 0 Å². The van der Waals surface area contributed by atoms with Crippen molar-refractivity contribution in [2.24, 2.45) is 0 Å². The summed E-state index contributed by atoms with van der Waals surface area (Å²) in [5.41, 5.74) is 2.55. The van der Waals surface area contributed by atoms with E-state index in [1.165, 1.54) is 6.07 Å². The van der Waals surface area contributed by atoms with Crippen LogP contribution in [-0.2, 0) is 20.8 Å². The number of aromatic nitrogens is 3. The second-order valence-electron chi connectivity index (χ2n) is 17.5. The molecule has 2 aliphatic rings. The van der Waals surface area contributed by atoms with Gasteiger partial charge in [-0.1, -0.05) is 51.4 Å². The SMILES string of the molecule is CC(C)(C)OC(=O)N1[C@@H]2CC[C@H]1C[C@H](c1cc(N(COCC[Si](C)(C)C)COCC[Si](C)(C)C)n3ncc(-c4ccc(CO)c(F)c4)c3n1)C2. The number of fused-ring (bicyclic) bond motifs is 3. The summed E-state index contributed by atoms with van der Waals surface area (Å²) in [7, 11) is -2.59. The molecule has 10 nitrogen and oxygen atoms in total. The number of benzene rings is 1. The van der Waals surface area contributed by atoms with Crippen LogP contribution in [0.1, 0.15) is 63.6 Å². The second kappa shape index (κ2) is 15.4. The smallest absolute Gasteiger partial charge is 0.410 e. The highest BCUT2D eigenvalue weighted by atomic mass is 28.3. The Morgan fingerprint density at radius 1 is 0.980 bits per heavy atom. The van der Waals surface area contributed by atoms with E-state index < -0.39 is 27.6 Å². The van der Waals surface area contributed by atoms with Crippen molar-refractivity contribution in [1.29, 1.82) is 0 Å². The maximum atomic E-state index is 14.9. The van der Waals surface area contributed by atoms with Crippen molar-refractivity contribution in [3.63, 3.8) is 0 Å². The molecule has 2 fully saturated rings. The van der Waals surface area contributed by atoms with Gasteiger partial charge in [-0.3, -0.25) is 0 Å². The van der Waals surface area contributed by atoms with Crippen molar-refractivity contribution in [2.45, 2.75) is 128 Å². The summed E-state index contributed by atoms with van der Waals surface area (Å²) < 4.78 is 35.2. The number of anilines is 1. The highest BCUT2D eigenvalue weighted by molar-refractivity contribution is 6.76. The summed E-state index contributed by atoms with van der Waals surface area (Å²) >= 11 is 0. The number of carbonyl (C=O) groups excluding carboxylic acids is 1. The van der Waals surface area contributed by atoms with E-state index in [4.69, 9.17) is 24.3 Å². The number of aliphatic hydroxyl groups excluding tert-OH is 1. The maximum Gasteiger partial charge on any atom is 0.410 e. The van der Waals surface area contributed by atoms with Crippen molar-refractivity contribution < 1.29 is 28.5 Å². The fraction of sp³-hybridized carbons (Fsp3) is 0.649. The van der Waals surface area contributed by atoms with Gasteiger partial charge in [0.25, 0.3) is 0 Å². The third kappa shape index (κ3) is 9.72. The average Bonchev–Trinajstić information content (AvgIpc) is 3.56. The highest BCUT2D eigenvalue weighted by Gasteiger charge is 2.45. The monoisotopic (exact) mass is 727 g/mol. The Kier molecular flexibility index (Phi) is 11.8. The Morgan fingerprint density at radius 3 is 2.10 bits per heavy atom. The molecule has 276 valence electrons. The van der Waals surface area contributed by atoms with E-state index in [2.05, 4.69) is 50.2 Å². The van der Waals surface area contributed by atoms with Crippen LogP contribution in [0.2, 0.25) is 51.4 Å². The molecular formula is C37H58FN5O5Si2. The van der Waals surface area contributed by atoms with E-state index in [1.54, 1.807) is 18.3 Å². The van der Waals surface area contributed by atoms with Gasteiger partial charge in [-0.05, 0) is 70.2 Å². The first kappa shape index (κ1) is 38.4. The summed E-state index contributed by atoms with van der Waals surface area (Å²) in [4.78, 5) is 22.5. The predicted octanol–water partition coefficient (Wildman–Crippen LogP) is 8.10. The molecule has 2 aromatic heterocycles. The molecule has 2 saturated heterocycles. The molecule has 0 spiro atoms. The molecule has 3 aromatic rings. The number of piperidine rings is 1. The van der Waals surface area contributed by atoms with E-state index in [9.17, 15) is 14.3 Å². The van der Waals surface area contributed by atoms with Crippen molar-refractivity contribution in [3.05, 3.63) is 47.5 Å². The molecule has 0 unspecified atom stereocenters. The minimum Gasteiger partial charge on any atom is -0.444 e. The van der Waals surface area contributed by atoms with Gasteiger partial charge in [0.2, 0.25) is 0 Å². The number of rotatable bonds is 14. The van der Waals surface area contributed by atoms with Crippen LogP contribution in [0.25, 0.3) is 16.8 Å². The molecule has 0 saturated carbocycles. The number of amides is 1. The summed E-state index contributed by atoms with van der Waals surface area (Å²) in [6, 6.07) is 9.20. The van der Waals surface area contributed by atoms with Gasteiger partial charge >= 0.3 is 6.09 Å². The Bertz CT molecular complexity index is 1600. The van der Waals surface area contributed by atoms with E-state index in [1.807, 2.05) is 30.2 Å². The third-order valence-electron chi connectivity index (χ3n) is 9.57. The van der Waals surface area contributed by atoms with Crippen molar-refractivity contribution >= 4 is 33.7 Å². The molecule has 13 heteroatoms. The summed E-state index contributed by atoms with van der Waals surface area (Å²) in [6.45, 7) is 21.4. The summed E-state index contributed by atoms with van der Waals surface area (Å²) in [5.74, 6) is 0.431. The number of carbonyl (C=O) groups is 1. The largest absolute Gasteiger partial charge is 0.444 e. The van der Waals surface area contributed by atoms with Gasteiger partial charge in [0, 0.05) is 70.3 Å². The van der Waals surface area contributed by atoms with Crippen LogP contribution in [0.5, 0.6) is 0 Å². The predicted molar refractivity (Wildman–Crippen MR) is 202 cm³/mol. The van der Waals surface area contributed by atoms with Gasteiger partial charge in [0.1, 0.15) is 30.7 Å². The summed E-state index contributed by atoms with van der Waals surface area (Å²) in [5, 5.41) is 14.4. The first-order valence-corrected chi connectivity index (χ1v) is 25.5. The quantitative estimate of drug-likeness (QED) is 0.101. The van der Waals surface area contributed by atoms with E-state index in [0.717, 1.165) is 49.3 Å². The number of ether oxygens (including phenoxy) is 3. The van der Waals surface area contributed by atoms with E-state index in [0.29, 0.717) is 43.4 Å². The lowest BCUT2D eigenvalue weighted by atomic mass is 9.88. The van der Waals surface area contributed by atoms with Crippen LogP contribution in [0.4, 0.5) is 15.0 Å². The van der Waals surface area contributed by atoms with Crippen LogP contribution in [-0.4, -0.2) is 91.2 Å². The molecule has 2 aliphatic heterocycles. The minimum absolute atomic E-state index is 0.0745. The fourth-order valence-electron chi connectivity index (χ4n) is 6.75. The van der Waals surface area contributed by atoms with Gasteiger partial charge in [-0.25, -0.2) is 14.2 Å². The molecule has 4 heterocycles. The number of hydrogen-bond donors (Lipinski definition) is 1. The van der Waals surface area contributed by atoms with Crippen LogP contribution in [0.15, 0.2) is 30.5 Å². The maximum absolute atomic E-state index is 14.9. The van der Waals surface area contributed by atoms with Gasteiger partial charge in [-0.15, -0.1) is 0 Å². The molecule has 1 aromatic carbocycles. The molecule has 1 N–H and O–H groups in total. The number of halogens is 1. The Labute approximate surface area is 299 Å². The lowest BCUT2D eigenvalue weighted by Crippen LogP contribution is -2.48. The number of hydrogen-bond acceptors (Lipinski definition) is 8. The van der Waals surface area contributed by atoms with Gasteiger partial charge in [-0.2, -0.15) is 9.61 Å². The lowest BCUT2D eigenvalue weighted by Gasteiger charge is -2.39. The van der Waals surface area contributed by atoms with Crippen molar-refractivity contribution in [2.75, 3.05) is 31.6 Å². The molecule has 1 amide bonds. The zero-order chi connectivity index (χ0) is 36.4. The second-order valence-corrected chi connectivity index (χ2v) is 28.7. The normalized spacial score (nSPS) is 19.7. The first-order valence-electron chi connectivity index (χ1n) is 18.1. The highest BCUT2D eigenvalue weighted by Crippen LogP contribution is 2.44. The molecule has 5 rings (SSSR count). The van der Waals surface area contributed by atoms with Crippen molar-refractivity contribution in [1.82, 2.24) is 19.5 Å². The van der Waals surface area contributed by atoms with Crippen LogP contribution < -0.4 is 4.90 Å². The zero-order valence-electron chi connectivity index (χ0n) is 31.6. The minimum atomic E-state index is -1.30. The lowest BCUT2D eigenvalue weighted by molar-refractivity contribution is 0.00568. The Hall–Kier alpha value is -2.85. The molecular weight excluding hydrogens is 670 g/mol. The molecule has 0 aliphatic carbocycles. The van der Waals surface area contributed by atoms with Crippen LogP contribution in [0.3, 0.4) is 0 Å². The standard InChI is InChI=1S/C37H58FN5O5Si2/c1-37(2,3)48-36(45)42-29-12-13-30(42)19-28(18-29)33-21-34(41(24-46-14-16-49(4,5)6)25-47-15-17-50(7,8)9)43-35(40-33)31(22-39-43)26-10-11-27(23-44)32(38)20-26/h10-11,20-22,28-30,44H,12-19,23-25H2,1-9H3/t28-,29-,30+. The average molecular weight is 728 g/mol. The van der Waals surface area contributed by atoms with Gasteiger partial charge in [0.05, 0.1) is 12.8 Å². The zero-order valence-corrected chi connectivity index (χ0v) is 33.6. The Morgan fingerprint density at radius 2 is 1.58 bits per heavy atom. The number of nitrogens with zero attached hydrogens (tertiary/aromatic N) is 5.